The van der Waals surface area contributed by atoms with E-state index in [4.69, 9.17) is 9.68 Å². The molecule has 5 heteroatoms. The van der Waals surface area contributed by atoms with E-state index in [1.54, 1.807) is 12.3 Å². The number of allylic oxidation sites excluding steroid dienone is 1. The third kappa shape index (κ3) is 4.05. The fourth-order valence-corrected chi connectivity index (χ4v) is 1.59. The molecular formula is C16H16N4O. The second-order valence-electron chi connectivity index (χ2n) is 4.66. The van der Waals surface area contributed by atoms with Crippen LogP contribution in [0.2, 0.25) is 0 Å². The molecule has 0 aliphatic carbocycles. The summed E-state index contributed by atoms with van der Waals surface area (Å²) in [5.41, 5.74) is 3.99. The maximum absolute atomic E-state index is 8.99. The molecule has 0 spiro atoms. The Morgan fingerprint density at radius 1 is 1.33 bits per heavy atom. The van der Waals surface area contributed by atoms with Gasteiger partial charge in [0.05, 0.1) is 0 Å². The topological polar surface area (TPSA) is 74.2 Å². The van der Waals surface area contributed by atoms with Crippen molar-refractivity contribution in [3.63, 3.8) is 0 Å². The van der Waals surface area contributed by atoms with Crippen molar-refractivity contribution in [3.05, 3.63) is 53.6 Å². The third-order valence-electron chi connectivity index (χ3n) is 2.66. The Kier molecular flexibility index (Phi) is 4.89. The third-order valence-corrected chi connectivity index (χ3v) is 2.66. The van der Waals surface area contributed by atoms with Crippen molar-refractivity contribution in [2.75, 3.05) is 5.43 Å². The highest BCUT2D eigenvalue weighted by molar-refractivity contribution is 5.78. The van der Waals surface area contributed by atoms with E-state index in [1.165, 1.54) is 0 Å². The molecule has 1 aromatic heterocycles. The Labute approximate surface area is 123 Å². The molecule has 0 aliphatic heterocycles. The molecule has 0 fully saturated rings. The van der Waals surface area contributed by atoms with Crippen molar-refractivity contribution in [3.8, 4) is 6.07 Å². The summed E-state index contributed by atoms with van der Waals surface area (Å²) in [6, 6.07) is 11.9. The normalized spacial score (nSPS) is 11.3. The Balaban J connectivity index is 1.98. The van der Waals surface area contributed by atoms with Gasteiger partial charge < -0.3 is 4.42 Å². The summed E-state index contributed by atoms with van der Waals surface area (Å²) in [4.78, 5) is 4.09. The first kappa shape index (κ1) is 14.5. The zero-order chi connectivity index (χ0) is 15.1. The summed E-state index contributed by atoms with van der Waals surface area (Å²) < 4.78 is 5.45. The van der Waals surface area contributed by atoms with Crippen LogP contribution in [0, 0.1) is 11.3 Å². The van der Waals surface area contributed by atoms with Crippen molar-refractivity contribution in [1.29, 1.82) is 5.26 Å². The molecule has 5 nitrogen and oxygen atoms in total. The summed E-state index contributed by atoms with van der Waals surface area (Å²) in [5, 5.41) is 13.0. The summed E-state index contributed by atoms with van der Waals surface area (Å²) >= 11 is 0. The summed E-state index contributed by atoms with van der Waals surface area (Å²) in [7, 11) is 0. The maximum atomic E-state index is 8.99. The van der Waals surface area contributed by atoms with Gasteiger partial charge in [-0.15, -0.1) is 0 Å². The SMILES string of the molecule is CC(C)c1nc(C#N)c(N/N=C\C=C\c2ccccc2)o1. The molecule has 0 atom stereocenters. The Morgan fingerprint density at radius 2 is 2.10 bits per heavy atom. The lowest BCUT2D eigenvalue weighted by Gasteiger charge is -1.95. The first-order valence-electron chi connectivity index (χ1n) is 6.62. The van der Waals surface area contributed by atoms with Gasteiger partial charge in [-0.2, -0.15) is 10.4 Å². The number of hydrazone groups is 1. The smallest absolute Gasteiger partial charge is 0.252 e. The van der Waals surface area contributed by atoms with E-state index in [2.05, 4.69) is 15.5 Å². The van der Waals surface area contributed by atoms with Crippen LogP contribution in [0.3, 0.4) is 0 Å². The lowest BCUT2D eigenvalue weighted by atomic mass is 10.2. The van der Waals surface area contributed by atoms with Gasteiger partial charge in [-0.1, -0.05) is 50.3 Å². The van der Waals surface area contributed by atoms with Crippen LogP contribution in [0.25, 0.3) is 6.08 Å². The van der Waals surface area contributed by atoms with Crippen LogP contribution in [0.1, 0.15) is 36.9 Å². The van der Waals surface area contributed by atoms with Crippen LogP contribution in [0.5, 0.6) is 0 Å². The van der Waals surface area contributed by atoms with Crippen molar-refractivity contribution in [1.82, 2.24) is 4.98 Å². The fourth-order valence-electron chi connectivity index (χ4n) is 1.59. The predicted molar refractivity (Wildman–Crippen MR) is 82.9 cm³/mol. The highest BCUT2D eigenvalue weighted by Gasteiger charge is 2.14. The Morgan fingerprint density at radius 3 is 2.76 bits per heavy atom. The number of rotatable bonds is 5. The zero-order valence-electron chi connectivity index (χ0n) is 11.9. The molecule has 21 heavy (non-hydrogen) atoms. The summed E-state index contributed by atoms with van der Waals surface area (Å²) in [6.45, 7) is 3.89. The number of nitrogens with one attached hydrogen (secondary N) is 1. The van der Waals surface area contributed by atoms with Crippen LogP contribution in [-0.2, 0) is 0 Å². The fraction of sp³-hybridized carbons (Fsp3) is 0.188. The largest absolute Gasteiger partial charge is 0.422 e. The standard InChI is InChI=1S/C16H16N4O/c1-12(2)15-19-14(11-17)16(21-15)20-18-10-6-9-13-7-4-3-5-8-13/h3-10,12,20H,1-2H3/b9-6+,18-10-. The summed E-state index contributed by atoms with van der Waals surface area (Å²) in [5.74, 6) is 0.907. The van der Waals surface area contributed by atoms with Gasteiger partial charge in [0, 0.05) is 12.1 Å². The molecule has 1 N–H and O–H groups in total. The number of nitriles is 1. The Bertz CT molecular complexity index is 678. The van der Waals surface area contributed by atoms with E-state index >= 15 is 0 Å². The minimum absolute atomic E-state index is 0.120. The lowest BCUT2D eigenvalue weighted by molar-refractivity contribution is 0.481. The van der Waals surface area contributed by atoms with Gasteiger partial charge in [0.2, 0.25) is 11.6 Å². The number of anilines is 1. The number of nitrogens with zero attached hydrogens (tertiary/aromatic N) is 3. The monoisotopic (exact) mass is 280 g/mol. The van der Waals surface area contributed by atoms with Crippen molar-refractivity contribution in [2.24, 2.45) is 5.10 Å². The molecule has 1 aromatic carbocycles. The minimum atomic E-state index is 0.120. The minimum Gasteiger partial charge on any atom is -0.422 e. The Hall–Kier alpha value is -2.87. The molecule has 1 heterocycles. The van der Waals surface area contributed by atoms with Crippen LogP contribution in [-0.4, -0.2) is 11.2 Å². The van der Waals surface area contributed by atoms with Crippen LogP contribution >= 0.6 is 0 Å². The molecule has 2 aromatic rings. The number of hydrogen-bond acceptors (Lipinski definition) is 5. The highest BCUT2D eigenvalue weighted by atomic mass is 16.4. The molecule has 0 amide bonds. The van der Waals surface area contributed by atoms with Crippen LogP contribution in [0.15, 0.2) is 45.9 Å². The van der Waals surface area contributed by atoms with Gasteiger partial charge in [-0.25, -0.2) is 10.4 Å². The van der Waals surface area contributed by atoms with Crippen molar-refractivity contribution < 1.29 is 4.42 Å². The molecule has 0 unspecified atom stereocenters. The molecule has 0 radical (unpaired) electrons. The number of aromatic nitrogens is 1. The van der Waals surface area contributed by atoms with E-state index in [1.807, 2.05) is 56.3 Å². The quantitative estimate of drug-likeness (QED) is 0.668. The van der Waals surface area contributed by atoms with E-state index in [0.29, 0.717) is 5.89 Å². The van der Waals surface area contributed by atoms with Crippen LogP contribution < -0.4 is 5.43 Å². The second kappa shape index (κ2) is 7.06. The van der Waals surface area contributed by atoms with Gasteiger partial charge in [-0.05, 0) is 11.6 Å². The molecule has 0 aliphatic rings. The number of hydrogen-bond donors (Lipinski definition) is 1. The first-order chi connectivity index (χ1) is 10.2. The maximum Gasteiger partial charge on any atom is 0.252 e. The van der Waals surface area contributed by atoms with E-state index in [0.717, 1.165) is 5.56 Å². The van der Waals surface area contributed by atoms with Gasteiger partial charge in [-0.3, -0.25) is 0 Å². The van der Waals surface area contributed by atoms with Crippen molar-refractivity contribution >= 4 is 18.2 Å². The first-order valence-corrected chi connectivity index (χ1v) is 6.62. The van der Waals surface area contributed by atoms with E-state index < -0.39 is 0 Å². The van der Waals surface area contributed by atoms with E-state index in [-0.39, 0.29) is 17.5 Å². The van der Waals surface area contributed by atoms with Crippen molar-refractivity contribution in [2.45, 2.75) is 19.8 Å². The van der Waals surface area contributed by atoms with Gasteiger partial charge in [0.25, 0.3) is 5.88 Å². The zero-order valence-corrected chi connectivity index (χ0v) is 11.9. The lowest BCUT2D eigenvalue weighted by Crippen LogP contribution is -1.89. The molecule has 2 rings (SSSR count). The van der Waals surface area contributed by atoms with Gasteiger partial charge >= 0.3 is 0 Å². The molecule has 0 saturated heterocycles. The molecule has 0 bridgehead atoms. The second-order valence-corrected chi connectivity index (χ2v) is 4.66. The highest BCUT2D eigenvalue weighted by Crippen LogP contribution is 2.21. The predicted octanol–water partition coefficient (Wildman–Crippen LogP) is 3.78. The summed E-state index contributed by atoms with van der Waals surface area (Å²) in [6.07, 6.45) is 5.32. The number of oxazole rings is 1. The molecular weight excluding hydrogens is 264 g/mol. The average Bonchev–Trinajstić information content (AvgIpc) is 2.91. The van der Waals surface area contributed by atoms with Gasteiger partial charge in [0.15, 0.2) is 0 Å². The average molecular weight is 280 g/mol. The molecule has 0 saturated carbocycles. The number of benzene rings is 1. The van der Waals surface area contributed by atoms with Gasteiger partial charge in [0.1, 0.15) is 6.07 Å². The van der Waals surface area contributed by atoms with Crippen LogP contribution in [0.4, 0.5) is 5.88 Å². The van der Waals surface area contributed by atoms with E-state index in [9.17, 15) is 0 Å². The molecule has 106 valence electrons.